The molecule has 0 saturated carbocycles. The molecule has 0 saturated heterocycles. The smallest absolute Gasteiger partial charge is 0.462 e. The highest BCUT2D eigenvalue weighted by molar-refractivity contribution is 7.47. The quantitative estimate of drug-likeness (QED) is 0.0329. The molecule has 0 aromatic heterocycles. The molecular formula is C36H71O10P. The van der Waals surface area contributed by atoms with Crippen LogP contribution in [0.1, 0.15) is 181 Å². The Kier molecular flexibility index (Phi) is 32.7. The number of hydrogen-bond donors (Lipinski definition) is 3. The van der Waals surface area contributed by atoms with Crippen LogP contribution in [0.15, 0.2) is 0 Å². The fourth-order valence-corrected chi connectivity index (χ4v) is 6.25. The summed E-state index contributed by atoms with van der Waals surface area (Å²) in [5.74, 6) is -1.11. The van der Waals surface area contributed by atoms with Crippen molar-refractivity contribution < 1.29 is 47.8 Å². The van der Waals surface area contributed by atoms with Gasteiger partial charge in [-0.2, -0.15) is 0 Å². The van der Waals surface area contributed by atoms with E-state index in [-0.39, 0.29) is 13.0 Å². The molecule has 3 atom stereocenters. The lowest BCUT2D eigenvalue weighted by atomic mass is 10.0. The van der Waals surface area contributed by atoms with E-state index in [1.54, 1.807) is 0 Å². The Morgan fingerprint density at radius 3 is 1.32 bits per heavy atom. The van der Waals surface area contributed by atoms with Gasteiger partial charge in [-0.1, -0.05) is 161 Å². The normalized spacial score (nSPS) is 14.1. The zero-order chi connectivity index (χ0) is 34.9. The SMILES string of the molecule is CCCCCCCCCCCCCCCCCCCCCCCCCCCC(=O)OC[C@H](COP(=O)(O)OC[C@@H](O)CO)OC(C)=O. The van der Waals surface area contributed by atoms with Crippen molar-refractivity contribution in [1.29, 1.82) is 0 Å². The minimum absolute atomic E-state index is 0.244. The summed E-state index contributed by atoms with van der Waals surface area (Å²) in [4.78, 5) is 33.1. The van der Waals surface area contributed by atoms with Gasteiger partial charge in [-0.05, 0) is 6.42 Å². The second-order valence-corrected chi connectivity index (χ2v) is 14.5. The standard InChI is InChI=1S/C36H71O10P/c1-3-4-5-6-7-8-9-10-11-12-13-14-15-16-17-18-19-20-21-22-23-24-25-26-27-28-36(40)43-31-35(46-33(2)38)32-45-47(41,42)44-30-34(39)29-37/h34-35,37,39H,3-32H2,1-2H3,(H,41,42)/t34-,35+/m0/s1. The van der Waals surface area contributed by atoms with Gasteiger partial charge >= 0.3 is 19.8 Å². The Bertz CT molecular complexity index is 766. The molecule has 0 bridgehead atoms. The van der Waals surface area contributed by atoms with Crippen molar-refractivity contribution in [2.75, 3.05) is 26.4 Å². The van der Waals surface area contributed by atoms with E-state index >= 15 is 0 Å². The molecule has 0 spiro atoms. The number of phosphoric acid groups is 1. The summed E-state index contributed by atoms with van der Waals surface area (Å²) in [6.45, 7) is 1.31. The summed E-state index contributed by atoms with van der Waals surface area (Å²) in [5, 5.41) is 18.0. The fraction of sp³-hybridized carbons (Fsp3) is 0.944. The van der Waals surface area contributed by atoms with Crippen LogP contribution in [0.2, 0.25) is 0 Å². The van der Waals surface area contributed by atoms with Crippen molar-refractivity contribution >= 4 is 19.8 Å². The maximum absolute atomic E-state index is 12.1. The van der Waals surface area contributed by atoms with Crippen LogP contribution in [0.25, 0.3) is 0 Å². The fourth-order valence-electron chi connectivity index (χ4n) is 5.46. The van der Waals surface area contributed by atoms with Crippen LogP contribution in [-0.2, 0) is 32.7 Å². The lowest BCUT2D eigenvalue weighted by Gasteiger charge is -2.19. The summed E-state index contributed by atoms with van der Waals surface area (Å²) >= 11 is 0. The Morgan fingerprint density at radius 1 is 0.596 bits per heavy atom. The van der Waals surface area contributed by atoms with E-state index in [0.29, 0.717) is 6.42 Å². The summed E-state index contributed by atoms with van der Waals surface area (Å²) in [6, 6.07) is 0. The molecule has 0 aliphatic carbocycles. The predicted molar refractivity (Wildman–Crippen MR) is 187 cm³/mol. The van der Waals surface area contributed by atoms with Crippen LogP contribution in [0, 0.1) is 0 Å². The lowest BCUT2D eigenvalue weighted by molar-refractivity contribution is -0.159. The molecule has 3 N–H and O–H groups in total. The van der Waals surface area contributed by atoms with E-state index < -0.39 is 51.8 Å². The van der Waals surface area contributed by atoms with Crippen molar-refractivity contribution in [1.82, 2.24) is 0 Å². The van der Waals surface area contributed by atoms with Gasteiger partial charge < -0.3 is 24.6 Å². The van der Waals surface area contributed by atoms with Gasteiger partial charge in [0, 0.05) is 13.3 Å². The predicted octanol–water partition coefficient (Wildman–Crippen LogP) is 9.11. The summed E-state index contributed by atoms with van der Waals surface area (Å²) in [7, 11) is -4.56. The molecule has 1 unspecified atom stereocenters. The van der Waals surface area contributed by atoms with Gasteiger partial charge in [0.2, 0.25) is 0 Å². The number of rotatable bonds is 36. The number of aliphatic hydroxyl groups is 2. The molecule has 0 aliphatic rings. The first-order valence-electron chi connectivity index (χ1n) is 18.9. The van der Waals surface area contributed by atoms with E-state index in [1.165, 1.54) is 141 Å². The average molecular weight is 695 g/mol. The molecule has 0 aliphatic heterocycles. The maximum Gasteiger partial charge on any atom is 0.472 e. The second kappa shape index (κ2) is 33.5. The number of esters is 2. The second-order valence-electron chi connectivity index (χ2n) is 13.0. The Labute approximate surface area is 286 Å². The average Bonchev–Trinajstić information content (AvgIpc) is 3.04. The number of aliphatic hydroxyl groups excluding tert-OH is 2. The zero-order valence-corrected chi connectivity index (χ0v) is 30.9. The van der Waals surface area contributed by atoms with Crippen molar-refractivity contribution in [3.05, 3.63) is 0 Å². The maximum atomic E-state index is 12.1. The number of hydrogen-bond acceptors (Lipinski definition) is 9. The van der Waals surface area contributed by atoms with Crippen molar-refractivity contribution in [2.45, 2.75) is 193 Å². The number of phosphoric ester groups is 1. The van der Waals surface area contributed by atoms with Gasteiger partial charge in [0.15, 0.2) is 6.10 Å². The molecular weight excluding hydrogens is 623 g/mol. The third-order valence-corrected chi connectivity index (χ3v) is 9.26. The first-order chi connectivity index (χ1) is 22.7. The third-order valence-electron chi connectivity index (χ3n) is 8.31. The minimum atomic E-state index is -4.56. The Morgan fingerprint density at radius 2 is 0.957 bits per heavy atom. The molecule has 0 rings (SSSR count). The number of carbonyl (C=O) groups excluding carboxylic acids is 2. The molecule has 280 valence electrons. The Hall–Kier alpha value is -1.03. The highest BCUT2D eigenvalue weighted by atomic mass is 31.2. The van der Waals surface area contributed by atoms with Crippen LogP contribution >= 0.6 is 7.82 Å². The highest BCUT2D eigenvalue weighted by Crippen LogP contribution is 2.43. The van der Waals surface area contributed by atoms with Gasteiger partial charge in [-0.15, -0.1) is 0 Å². The molecule has 0 heterocycles. The third kappa shape index (κ3) is 34.6. The molecule has 0 aromatic carbocycles. The molecule has 10 nitrogen and oxygen atoms in total. The van der Waals surface area contributed by atoms with Crippen LogP contribution in [0.5, 0.6) is 0 Å². The van der Waals surface area contributed by atoms with E-state index in [9.17, 15) is 24.2 Å². The zero-order valence-electron chi connectivity index (χ0n) is 30.0. The first kappa shape index (κ1) is 46.0. The monoisotopic (exact) mass is 694 g/mol. The molecule has 47 heavy (non-hydrogen) atoms. The summed E-state index contributed by atoms with van der Waals surface area (Å²) in [5.41, 5.74) is 0. The number of unbranched alkanes of at least 4 members (excludes halogenated alkanes) is 24. The van der Waals surface area contributed by atoms with E-state index in [4.69, 9.17) is 19.1 Å². The lowest BCUT2D eigenvalue weighted by Crippen LogP contribution is -2.29. The summed E-state index contributed by atoms with van der Waals surface area (Å²) in [6.07, 6.45) is 30.8. The number of carbonyl (C=O) groups is 2. The van der Waals surface area contributed by atoms with Crippen LogP contribution in [0.3, 0.4) is 0 Å². The molecule has 0 aromatic rings. The van der Waals surface area contributed by atoms with E-state index in [1.807, 2.05) is 0 Å². The summed E-state index contributed by atoms with van der Waals surface area (Å²) < 4.78 is 31.3. The molecule has 0 radical (unpaired) electrons. The first-order valence-corrected chi connectivity index (χ1v) is 20.4. The minimum Gasteiger partial charge on any atom is -0.462 e. The van der Waals surface area contributed by atoms with Gasteiger partial charge in [-0.3, -0.25) is 18.6 Å². The topological polar surface area (TPSA) is 149 Å². The van der Waals surface area contributed by atoms with Gasteiger partial charge in [-0.25, -0.2) is 4.57 Å². The van der Waals surface area contributed by atoms with Crippen molar-refractivity contribution in [3.63, 3.8) is 0 Å². The highest BCUT2D eigenvalue weighted by Gasteiger charge is 2.26. The van der Waals surface area contributed by atoms with Gasteiger partial charge in [0.05, 0.1) is 19.8 Å². The molecule has 0 fully saturated rings. The largest absolute Gasteiger partial charge is 0.472 e. The molecule has 0 amide bonds. The van der Waals surface area contributed by atoms with Crippen LogP contribution in [0.4, 0.5) is 0 Å². The molecule has 11 heteroatoms. The van der Waals surface area contributed by atoms with E-state index in [0.717, 1.165) is 19.8 Å². The van der Waals surface area contributed by atoms with Crippen molar-refractivity contribution in [3.8, 4) is 0 Å². The van der Waals surface area contributed by atoms with Gasteiger partial charge in [0.1, 0.15) is 12.7 Å². The van der Waals surface area contributed by atoms with E-state index in [2.05, 4.69) is 11.4 Å². The van der Waals surface area contributed by atoms with Crippen LogP contribution < -0.4 is 0 Å². The Balaban J connectivity index is 3.56. The van der Waals surface area contributed by atoms with Crippen molar-refractivity contribution in [2.24, 2.45) is 0 Å². The van der Waals surface area contributed by atoms with Gasteiger partial charge in [0.25, 0.3) is 0 Å². The number of ether oxygens (including phenoxy) is 2. The van der Waals surface area contributed by atoms with Crippen LogP contribution in [-0.4, -0.2) is 65.7 Å².